The highest BCUT2D eigenvalue weighted by Crippen LogP contribution is 2.19. The van der Waals surface area contributed by atoms with Crippen LogP contribution >= 0.6 is 0 Å². The Morgan fingerprint density at radius 2 is 2.08 bits per heavy atom. The van der Waals surface area contributed by atoms with E-state index in [0.717, 1.165) is 27.9 Å². The lowest BCUT2D eigenvalue weighted by molar-refractivity contribution is -0.121. The topological polar surface area (TPSA) is 73.0 Å². The van der Waals surface area contributed by atoms with Gasteiger partial charge in [-0.15, -0.1) is 0 Å². The predicted molar refractivity (Wildman–Crippen MR) is 93.5 cm³/mol. The minimum absolute atomic E-state index is 0.0773. The Balaban J connectivity index is 1.41. The molecule has 6 heteroatoms. The van der Waals surface area contributed by atoms with E-state index < -0.39 is 0 Å². The van der Waals surface area contributed by atoms with Crippen molar-refractivity contribution in [3.05, 3.63) is 73.0 Å². The first-order valence-corrected chi connectivity index (χ1v) is 7.94. The van der Waals surface area contributed by atoms with Crippen LogP contribution in [0.4, 0.5) is 0 Å². The van der Waals surface area contributed by atoms with Gasteiger partial charge in [0.2, 0.25) is 5.91 Å². The van der Waals surface area contributed by atoms with Gasteiger partial charge < -0.3 is 14.3 Å². The monoisotopic (exact) mass is 332 g/mol. The number of nitrogens with zero attached hydrogens (tertiary/aromatic N) is 3. The number of furan rings is 1. The Morgan fingerprint density at radius 3 is 2.96 bits per heavy atom. The molecule has 0 aliphatic rings. The van der Waals surface area contributed by atoms with Crippen molar-refractivity contribution in [1.82, 2.24) is 19.9 Å². The summed E-state index contributed by atoms with van der Waals surface area (Å²) >= 11 is 0. The first-order valence-electron chi connectivity index (χ1n) is 7.94. The van der Waals surface area contributed by atoms with Crippen LogP contribution in [0.3, 0.4) is 0 Å². The van der Waals surface area contributed by atoms with E-state index in [2.05, 4.69) is 15.3 Å². The molecule has 0 radical (unpaired) electrons. The van der Waals surface area contributed by atoms with Crippen molar-refractivity contribution in [1.29, 1.82) is 0 Å². The van der Waals surface area contributed by atoms with Gasteiger partial charge in [-0.2, -0.15) is 0 Å². The molecule has 124 valence electrons. The second-order valence-corrected chi connectivity index (χ2v) is 5.70. The van der Waals surface area contributed by atoms with Gasteiger partial charge in [-0.3, -0.25) is 9.78 Å². The molecule has 3 heterocycles. The Bertz CT molecular complexity index is 1010. The number of rotatable bonds is 5. The number of imidazole rings is 1. The number of carbonyl (C=O) groups is 1. The second kappa shape index (κ2) is 6.60. The molecular weight excluding hydrogens is 316 g/mol. The molecule has 4 rings (SSSR count). The highest BCUT2D eigenvalue weighted by Gasteiger charge is 2.08. The van der Waals surface area contributed by atoms with Crippen molar-refractivity contribution in [2.45, 2.75) is 13.1 Å². The van der Waals surface area contributed by atoms with Crippen LogP contribution in [-0.2, 0) is 17.9 Å². The van der Waals surface area contributed by atoms with Crippen LogP contribution in [0.25, 0.3) is 22.4 Å². The SMILES string of the molecule is O=C(Cn1cnc2ccccc21)NCc1cncc(-c2ccco2)c1. The number of hydrogen-bond acceptors (Lipinski definition) is 4. The third-order valence-corrected chi connectivity index (χ3v) is 3.93. The fraction of sp³-hybridized carbons (Fsp3) is 0.105. The van der Waals surface area contributed by atoms with Crippen molar-refractivity contribution in [2.24, 2.45) is 0 Å². The Hall–Kier alpha value is -3.41. The molecule has 0 aliphatic heterocycles. The fourth-order valence-corrected chi connectivity index (χ4v) is 2.71. The van der Waals surface area contributed by atoms with Gasteiger partial charge in [0.05, 0.1) is 23.6 Å². The third kappa shape index (κ3) is 3.28. The van der Waals surface area contributed by atoms with Crippen LogP contribution in [0.15, 0.2) is 71.9 Å². The lowest BCUT2D eigenvalue weighted by Gasteiger charge is -2.07. The van der Waals surface area contributed by atoms with E-state index in [0.29, 0.717) is 6.54 Å². The quantitative estimate of drug-likeness (QED) is 0.610. The minimum atomic E-state index is -0.0773. The van der Waals surface area contributed by atoms with E-state index in [-0.39, 0.29) is 12.5 Å². The standard InChI is InChI=1S/C19H16N4O2/c24-19(12-23-13-22-16-4-1-2-5-17(16)23)21-10-14-8-15(11-20-9-14)18-6-3-7-25-18/h1-9,11,13H,10,12H2,(H,21,24). The summed E-state index contributed by atoms with van der Waals surface area (Å²) in [6.07, 6.45) is 6.78. The van der Waals surface area contributed by atoms with Crippen LogP contribution in [0.1, 0.15) is 5.56 Å². The van der Waals surface area contributed by atoms with Gasteiger partial charge in [0, 0.05) is 24.5 Å². The zero-order valence-electron chi connectivity index (χ0n) is 13.4. The summed E-state index contributed by atoms with van der Waals surface area (Å²) in [5, 5.41) is 2.92. The second-order valence-electron chi connectivity index (χ2n) is 5.70. The maximum absolute atomic E-state index is 12.2. The number of pyridine rings is 1. The third-order valence-electron chi connectivity index (χ3n) is 3.93. The summed E-state index contributed by atoms with van der Waals surface area (Å²) in [5.74, 6) is 0.678. The summed E-state index contributed by atoms with van der Waals surface area (Å²) in [4.78, 5) is 20.7. The molecule has 3 aromatic heterocycles. The molecule has 6 nitrogen and oxygen atoms in total. The van der Waals surface area contributed by atoms with Gasteiger partial charge in [-0.05, 0) is 35.9 Å². The highest BCUT2D eigenvalue weighted by atomic mass is 16.3. The lowest BCUT2D eigenvalue weighted by atomic mass is 10.1. The van der Waals surface area contributed by atoms with Crippen LogP contribution in [0, 0.1) is 0 Å². The van der Waals surface area contributed by atoms with Crippen molar-refractivity contribution in [3.8, 4) is 11.3 Å². The Kier molecular flexibility index (Phi) is 4.00. The molecule has 0 aliphatic carbocycles. The Labute approximate surface area is 144 Å². The van der Waals surface area contributed by atoms with Crippen LogP contribution < -0.4 is 5.32 Å². The zero-order chi connectivity index (χ0) is 17.1. The number of aromatic nitrogens is 3. The van der Waals surface area contributed by atoms with Crippen molar-refractivity contribution >= 4 is 16.9 Å². The normalized spacial score (nSPS) is 10.9. The van der Waals surface area contributed by atoms with Gasteiger partial charge in [-0.1, -0.05) is 12.1 Å². The van der Waals surface area contributed by atoms with Crippen LogP contribution in [0.2, 0.25) is 0 Å². The molecule has 1 N–H and O–H groups in total. The number of nitrogens with one attached hydrogen (secondary N) is 1. The lowest BCUT2D eigenvalue weighted by Crippen LogP contribution is -2.26. The van der Waals surface area contributed by atoms with Crippen molar-refractivity contribution in [2.75, 3.05) is 0 Å². The largest absolute Gasteiger partial charge is 0.464 e. The van der Waals surface area contributed by atoms with E-state index >= 15 is 0 Å². The summed E-state index contributed by atoms with van der Waals surface area (Å²) in [7, 11) is 0. The minimum Gasteiger partial charge on any atom is -0.464 e. The van der Waals surface area contributed by atoms with Crippen molar-refractivity contribution < 1.29 is 9.21 Å². The average molecular weight is 332 g/mol. The molecule has 1 aromatic carbocycles. The molecule has 25 heavy (non-hydrogen) atoms. The van der Waals surface area contributed by atoms with Crippen molar-refractivity contribution in [3.63, 3.8) is 0 Å². The van der Waals surface area contributed by atoms with E-state index in [1.807, 2.05) is 47.0 Å². The van der Waals surface area contributed by atoms with E-state index in [4.69, 9.17) is 4.42 Å². The van der Waals surface area contributed by atoms with E-state index in [9.17, 15) is 4.79 Å². The smallest absolute Gasteiger partial charge is 0.240 e. The predicted octanol–water partition coefficient (Wildman–Crippen LogP) is 3.01. The molecule has 0 unspecified atom stereocenters. The molecule has 0 bridgehead atoms. The van der Waals surface area contributed by atoms with Gasteiger partial charge in [0.15, 0.2) is 0 Å². The molecule has 0 atom stereocenters. The van der Waals surface area contributed by atoms with Gasteiger partial charge in [0.25, 0.3) is 0 Å². The summed E-state index contributed by atoms with van der Waals surface area (Å²) in [5.41, 5.74) is 3.62. The first-order chi connectivity index (χ1) is 12.3. The average Bonchev–Trinajstić information content (AvgIpc) is 3.31. The number of amides is 1. The van der Waals surface area contributed by atoms with Gasteiger partial charge in [-0.25, -0.2) is 4.98 Å². The summed E-state index contributed by atoms with van der Waals surface area (Å²) < 4.78 is 7.21. The number of fused-ring (bicyclic) bond motifs is 1. The number of para-hydroxylation sites is 2. The summed E-state index contributed by atoms with van der Waals surface area (Å²) in [6.45, 7) is 0.638. The highest BCUT2D eigenvalue weighted by molar-refractivity contribution is 5.80. The molecular formula is C19H16N4O2. The first kappa shape index (κ1) is 15.1. The van der Waals surface area contributed by atoms with Crippen LogP contribution in [0.5, 0.6) is 0 Å². The zero-order valence-corrected chi connectivity index (χ0v) is 13.4. The molecule has 1 amide bonds. The maximum atomic E-state index is 12.2. The van der Waals surface area contributed by atoms with E-state index in [1.165, 1.54) is 0 Å². The van der Waals surface area contributed by atoms with Crippen LogP contribution in [-0.4, -0.2) is 20.4 Å². The molecule has 4 aromatic rings. The molecule has 0 fully saturated rings. The van der Waals surface area contributed by atoms with Gasteiger partial charge in [0.1, 0.15) is 12.3 Å². The Morgan fingerprint density at radius 1 is 1.16 bits per heavy atom. The summed E-state index contributed by atoms with van der Waals surface area (Å²) in [6, 6.07) is 13.4. The molecule has 0 saturated heterocycles. The fourth-order valence-electron chi connectivity index (χ4n) is 2.71. The van der Waals surface area contributed by atoms with Gasteiger partial charge >= 0.3 is 0 Å². The molecule has 0 saturated carbocycles. The maximum Gasteiger partial charge on any atom is 0.240 e. The molecule has 0 spiro atoms. The van der Waals surface area contributed by atoms with E-state index in [1.54, 1.807) is 25.0 Å². The number of carbonyl (C=O) groups excluding carboxylic acids is 1. The number of hydrogen-bond donors (Lipinski definition) is 1. The number of benzene rings is 1.